The predicted octanol–water partition coefficient (Wildman–Crippen LogP) is 0.989. The summed E-state index contributed by atoms with van der Waals surface area (Å²) in [6, 6.07) is 4.82. The van der Waals surface area contributed by atoms with E-state index in [1.807, 2.05) is 7.05 Å². The van der Waals surface area contributed by atoms with E-state index in [4.69, 9.17) is 9.47 Å². The molecule has 0 radical (unpaired) electrons. The number of ether oxygens (including phenoxy) is 2. The molecule has 0 saturated carbocycles. The molecule has 2 fully saturated rings. The minimum absolute atomic E-state index is 0.0152. The largest absolute Gasteiger partial charge is 0.494 e. The molecule has 0 spiro atoms. The van der Waals surface area contributed by atoms with Crippen LogP contribution in [0.3, 0.4) is 0 Å². The summed E-state index contributed by atoms with van der Waals surface area (Å²) in [4.78, 5) is 16.4. The van der Waals surface area contributed by atoms with Gasteiger partial charge in [-0.1, -0.05) is 6.07 Å². The SMILES string of the molecule is COc1cccc(C(=O)N2C[C@H]3OCCN(C)[C@H]3C2)c1F. The Balaban J connectivity index is 1.80. The number of fused-ring (bicyclic) bond motifs is 1. The lowest BCUT2D eigenvalue weighted by Crippen LogP contribution is -2.48. The Hall–Kier alpha value is -1.66. The molecule has 0 aliphatic carbocycles. The number of rotatable bonds is 2. The van der Waals surface area contributed by atoms with E-state index in [0.717, 1.165) is 6.54 Å². The molecular weight excluding hydrogens is 275 g/mol. The second kappa shape index (κ2) is 5.61. The van der Waals surface area contributed by atoms with Crippen molar-refractivity contribution >= 4 is 5.91 Å². The number of carbonyl (C=O) groups is 1. The third-order valence-corrected chi connectivity index (χ3v) is 4.28. The maximum Gasteiger partial charge on any atom is 0.257 e. The topological polar surface area (TPSA) is 42.0 Å². The van der Waals surface area contributed by atoms with Crippen LogP contribution in [0.25, 0.3) is 0 Å². The summed E-state index contributed by atoms with van der Waals surface area (Å²) in [6.45, 7) is 2.60. The van der Waals surface area contributed by atoms with Gasteiger partial charge in [-0.15, -0.1) is 0 Å². The zero-order valence-electron chi connectivity index (χ0n) is 12.2. The van der Waals surface area contributed by atoms with E-state index >= 15 is 0 Å². The fourth-order valence-corrected chi connectivity index (χ4v) is 3.03. The van der Waals surface area contributed by atoms with Crippen molar-refractivity contribution in [3.63, 3.8) is 0 Å². The quantitative estimate of drug-likeness (QED) is 0.816. The zero-order valence-corrected chi connectivity index (χ0v) is 12.2. The smallest absolute Gasteiger partial charge is 0.257 e. The van der Waals surface area contributed by atoms with Crippen molar-refractivity contribution in [2.75, 3.05) is 40.4 Å². The molecule has 6 heteroatoms. The van der Waals surface area contributed by atoms with Crippen molar-refractivity contribution in [3.8, 4) is 5.75 Å². The maximum absolute atomic E-state index is 14.2. The minimum atomic E-state index is -0.603. The molecule has 2 aliphatic heterocycles. The summed E-state index contributed by atoms with van der Waals surface area (Å²) in [7, 11) is 3.42. The fraction of sp³-hybridized carbons (Fsp3) is 0.533. The lowest BCUT2D eigenvalue weighted by Gasteiger charge is -2.33. The average Bonchev–Trinajstić information content (AvgIpc) is 2.92. The van der Waals surface area contributed by atoms with E-state index in [2.05, 4.69) is 4.90 Å². The summed E-state index contributed by atoms with van der Waals surface area (Å²) < 4.78 is 24.9. The van der Waals surface area contributed by atoms with Crippen LogP contribution in [0.1, 0.15) is 10.4 Å². The second-order valence-corrected chi connectivity index (χ2v) is 5.49. The van der Waals surface area contributed by atoms with E-state index in [0.29, 0.717) is 19.7 Å². The summed E-state index contributed by atoms with van der Waals surface area (Å²) in [5.41, 5.74) is 0.0515. The molecule has 21 heavy (non-hydrogen) atoms. The van der Waals surface area contributed by atoms with Crippen LogP contribution >= 0.6 is 0 Å². The Morgan fingerprint density at radius 2 is 2.24 bits per heavy atom. The van der Waals surface area contributed by atoms with E-state index in [1.54, 1.807) is 11.0 Å². The van der Waals surface area contributed by atoms with Gasteiger partial charge in [0.15, 0.2) is 11.6 Å². The van der Waals surface area contributed by atoms with Crippen molar-refractivity contribution in [1.29, 1.82) is 0 Å². The summed E-state index contributed by atoms with van der Waals surface area (Å²) in [5.74, 6) is -0.822. The van der Waals surface area contributed by atoms with Gasteiger partial charge in [-0.2, -0.15) is 0 Å². The molecular formula is C15H19FN2O3. The zero-order chi connectivity index (χ0) is 15.0. The highest BCUT2D eigenvalue weighted by Crippen LogP contribution is 2.26. The molecule has 2 atom stereocenters. The molecule has 1 aromatic carbocycles. The first-order valence-electron chi connectivity index (χ1n) is 7.05. The van der Waals surface area contributed by atoms with Gasteiger partial charge in [-0.25, -0.2) is 4.39 Å². The standard InChI is InChI=1S/C15H19FN2O3/c1-17-6-7-21-13-9-18(8-11(13)17)15(19)10-4-3-5-12(20-2)14(10)16/h3-5,11,13H,6-9H2,1-2H3/t11-,13+/m0/s1. The number of carbonyl (C=O) groups excluding carboxylic acids is 1. The lowest BCUT2D eigenvalue weighted by atomic mass is 10.1. The van der Waals surface area contributed by atoms with Gasteiger partial charge in [-0.3, -0.25) is 9.69 Å². The van der Waals surface area contributed by atoms with Crippen LogP contribution in [-0.4, -0.2) is 68.3 Å². The average molecular weight is 294 g/mol. The third-order valence-electron chi connectivity index (χ3n) is 4.28. The van der Waals surface area contributed by atoms with Crippen LogP contribution < -0.4 is 4.74 Å². The van der Waals surface area contributed by atoms with Gasteiger partial charge in [0.05, 0.1) is 31.4 Å². The monoisotopic (exact) mass is 294 g/mol. The van der Waals surface area contributed by atoms with Crippen LogP contribution in [0.15, 0.2) is 18.2 Å². The number of likely N-dealkylation sites (N-methyl/N-ethyl adjacent to an activating group) is 1. The summed E-state index contributed by atoms with van der Waals surface area (Å²) in [6.07, 6.45) is 0.0152. The Morgan fingerprint density at radius 3 is 2.95 bits per heavy atom. The summed E-state index contributed by atoms with van der Waals surface area (Å²) >= 11 is 0. The first kappa shape index (κ1) is 14.3. The number of morpholine rings is 1. The molecule has 2 aliphatic rings. The van der Waals surface area contributed by atoms with Gasteiger partial charge in [0.25, 0.3) is 5.91 Å². The molecule has 0 unspecified atom stereocenters. The van der Waals surface area contributed by atoms with Gasteiger partial charge < -0.3 is 14.4 Å². The fourth-order valence-electron chi connectivity index (χ4n) is 3.03. The third kappa shape index (κ3) is 2.49. The van der Waals surface area contributed by atoms with Crippen LogP contribution in [0, 0.1) is 5.82 Å². The van der Waals surface area contributed by atoms with Crippen LogP contribution in [0.2, 0.25) is 0 Å². The minimum Gasteiger partial charge on any atom is -0.494 e. The van der Waals surface area contributed by atoms with E-state index in [9.17, 15) is 9.18 Å². The highest BCUT2D eigenvalue weighted by molar-refractivity contribution is 5.95. The number of nitrogens with zero attached hydrogens (tertiary/aromatic N) is 2. The van der Waals surface area contributed by atoms with Gasteiger partial charge in [0.1, 0.15) is 0 Å². The lowest BCUT2D eigenvalue weighted by molar-refractivity contribution is -0.0368. The number of likely N-dealkylation sites (tertiary alicyclic amines) is 1. The number of benzene rings is 1. The molecule has 114 valence electrons. The van der Waals surface area contributed by atoms with Crippen LogP contribution in [-0.2, 0) is 4.74 Å². The summed E-state index contributed by atoms with van der Waals surface area (Å²) in [5, 5.41) is 0. The highest BCUT2D eigenvalue weighted by Gasteiger charge is 2.41. The molecule has 0 N–H and O–H groups in total. The number of hydrogen-bond donors (Lipinski definition) is 0. The van der Waals surface area contributed by atoms with Gasteiger partial charge >= 0.3 is 0 Å². The molecule has 2 saturated heterocycles. The van der Waals surface area contributed by atoms with Crippen molar-refractivity contribution in [3.05, 3.63) is 29.6 Å². The molecule has 1 amide bonds. The van der Waals surface area contributed by atoms with Crippen molar-refractivity contribution in [1.82, 2.24) is 9.80 Å². The van der Waals surface area contributed by atoms with E-state index in [-0.39, 0.29) is 29.4 Å². The molecule has 3 rings (SSSR count). The Kier molecular flexibility index (Phi) is 3.82. The Labute approximate surface area is 123 Å². The number of halogens is 1. The first-order valence-corrected chi connectivity index (χ1v) is 7.05. The van der Waals surface area contributed by atoms with Gasteiger partial charge in [0.2, 0.25) is 0 Å². The molecule has 0 aromatic heterocycles. The Bertz CT molecular complexity index is 552. The molecule has 5 nitrogen and oxygen atoms in total. The van der Waals surface area contributed by atoms with Crippen molar-refractivity contribution in [2.45, 2.75) is 12.1 Å². The number of amides is 1. The van der Waals surface area contributed by atoms with Gasteiger partial charge in [0, 0.05) is 19.6 Å². The van der Waals surface area contributed by atoms with Crippen LogP contribution in [0.4, 0.5) is 4.39 Å². The maximum atomic E-state index is 14.2. The Morgan fingerprint density at radius 1 is 1.43 bits per heavy atom. The van der Waals surface area contributed by atoms with Crippen molar-refractivity contribution < 1.29 is 18.7 Å². The number of methoxy groups -OCH3 is 1. The number of hydrogen-bond acceptors (Lipinski definition) is 4. The van der Waals surface area contributed by atoms with Crippen LogP contribution in [0.5, 0.6) is 5.75 Å². The normalized spacial score (nSPS) is 25.8. The predicted molar refractivity (Wildman–Crippen MR) is 75.0 cm³/mol. The highest BCUT2D eigenvalue weighted by atomic mass is 19.1. The van der Waals surface area contributed by atoms with Crippen molar-refractivity contribution in [2.24, 2.45) is 0 Å². The molecule has 1 aromatic rings. The molecule has 2 heterocycles. The van der Waals surface area contributed by atoms with Gasteiger partial charge in [-0.05, 0) is 19.2 Å². The first-order chi connectivity index (χ1) is 10.1. The van der Waals surface area contributed by atoms with E-state index in [1.165, 1.54) is 19.2 Å². The molecule has 0 bridgehead atoms. The second-order valence-electron chi connectivity index (χ2n) is 5.49. The van der Waals surface area contributed by atoms with E-state index < -0.39 is 5.82 Å².